The summed E-state index contributed by atoms with van der Waals surface area (Å²) in [7, 11) is 0. The van der Waals surface area contributed by atoms with Gasteiger partial charge < -0.3 is 5.11 Å². The van der Waals surface area contributed by atoms with Crippen molar-refractivity contribution >= 4 is 11.6 Å². The maximum atomic E-state index is 9.86. The molecular weight excluding hydrogens is 280 g/mol. The van der Waals surface area contributed by atoms with Crippen molar-refractivity contribution in [1.29, 1.82) is 0 Å². The largest absolute Gasteiger partial charge is 0.376 e. The van der Waals surface area contributed by atoms with Gasteiger partial charge in [0.15, 0.2) is 0 Å². The van der Waals surface area contributed by atoms with Gasteiger partial charge in [-0.05, 0) is 41.5 Å². The highest BCUT2D eigenvalue weighted by molar-refractivity contribution is 6.30. The highest BCUT2D eigenvalue weighted by Crippen LogP contribution is 2.15. The van der Waals surface area contributed by atoms with E-state index < -0.39 is 6.10 Å². The summed E-state index contributed by atoms with van der Waals surface area (Å²) in [5.74, 6) is 11.2. The van der Waals surface area contributed by atoms with Crippen LogP contribution in [0.25, 0.3) is 0 Å². The van der Waals surface area contributed by atoms with Gasteiger partial charge in [-0.25, -0.2) is 0 Å². The maximum Gasteiger partial charge on any atom is 0.141 e. The average molecular weight is 295 g/mol. The first-order valence-corrected chi connectivity index (χ1v) is 7.09. The van der Waals surface area contributed by atoms with E-state index in [1.165, 1.54) is 5.56 Å². The average Bonchev–Trinajstić information content (AvgIpc) is 2.52. The third-order valence-corrected chi connectivity index (χ3v) is 3.18. The lowest BCUT2D eigenvalue weighted by Crippen LogP contribution is -1.92. The molecule has 0 radical (unpaired) electrons. The zero-order valence-corrected chi connectivity index (χ0v) is 12.3. The Bertz CT molecular complexity index is 682. The standard InChI is InChI=1S/C19H15ClO/c20-18-14-12-17(13-15-18)19(21)11-7-2-1-4-8-16-9-5-3-6-10-16/h3,5-6,9-10,12-15,19,21H,4,8H2/t19-/m0/s1. The number of halogens is 1. The molecule has 0 saturated heterocycles. The van der Waals surface area contributed by atoms with Crippen LogP contribution in [0.2, 0.25) is 5.02 Å². The summed E-state index contributed by atoms with van der Waals surface area (Å²) in [5.41, 5.74) is 1.99. The summed E-state index contributed by atoms with van der Waals surface area (Å²) in [6, 6.07) is 17.2. The summed E-state index contributed by atoms with van der Waals surface area (Å²) in [4.78, 5) is 0. The van der Waals surface area contributed by atoms with Crippen LogP contribution in [0.3, 0.4) is 0 Å². The SMILES string of the molecule is O[C@@H](C#CC#CCCc1ccccc1)c1ccc(Cl)cc1. The van der Waals surface area contributed by atoms with Crippen molar-refractivity contribution in [2.24, 2.45) is 0 Å². The Morgan fingerprint density at radius 3 is 2.38 bits per heavy atom. The Kier molecular flexibility index (Phi) is 5.92. The lowest BCUT2D eigenvalue weighted by atomic mass is 10.1. The van der Waals surface area contributed by atoms with E-state index in [2.05, 4.69) is 35.8 Å². The van der Waals surface area contributed by atoms with Gasteiger partial charge >= 0.3 is 0 Å². The second-order valence-electron chi connectivity index (χ2n) is 4.51. The molecule has 2 aromatic carbocycles. The van der Waals surface area contributed by atoms with Gasteiger partial charge in [0.05, 0.1) is 0 Å². The van der Waals surface area contributed by atoms with E-state index in [0.717, 1.165) is 18.4 Å². The van der Waals surface area contributed by atoms with Crippen molar-refractivity contribution in [1.82, 2.24) is 0 Å². The summed E-state index contributed by atoms with van der Waals surface area (Å²) >= 11 is 5.79. The second-order valence-corrected chi connectivity index (χ2v) is 4.95. The summed E-state index contributed by atoms with van der Waals surface area (Å²) < 4.78 is 0. The molecule has 0 spiro atoms. The summed E-state index contributed by atoms with van der Waals surface area (Å²) in [6.07, 6.45) is 0.844. The number of aryl methyl sites for hydroxylation is 1. The minimum absolute atomic E-state index is 0.639. The van der Waals surface area contributed by atoms with Crippen LogP contribution in [0.4, 0.5) is 0 Å². The first-order valence-electron chi connectivity index (χ1n) is 6.71. The van der Waals surface area contributed by atoms with Crippen LogP contribution in [-0.2, 0) is 6.42 Å². The van der Waals surface area contributed by atoms with Gasteiger partial charge in [-0.15, -0.1) is 0 Å². The topological polar surface area (TPSA) is 20.2 Å². The monoisotopic (exact) mass is 294 g/mol. The number of benzene rings is 2. The van der Waals surface area contributed by atoms with E-state index in [9.17, 15) is 5.11 Å². The first-order chi connectivity index (χ1) is 10.3. The van der Waals surface area contributed by atoms with Gasteiger partial charge in [0.1, 0.15) is 6.10 Å². The van der Waals surface area contributed by atoms with Crippen LogP contribution in [-0.4, -0.2) is 5.11 Å². The maximum absolute atomic E-state index is 9.86. The molecule has 1 atom stereocenters. The second kappa shape index (κ2) is 8.18. The van der Waals surface area contributed by atoms with Gasteiger partial charge in [0.2, 0.25) is 0 Å². The molecule has 104 valence electrons. The fourth-order valence-electron chi connectivity index (χ4n) is 1.79. The molecule has 0 aliphatic heterocycles. The third kappa shape index (κ3) is 5.36. The fraction of sp³-hybridized carbons (Fsp3) is 0.158. The van der Waals surface area contributed by atoms with Gasteiger partial charge in [0.25, 0.3) is 0 Å². The first kappa shape index (κ1) is 15.2. The van der Waals surface area contributed by atoms with Crippen molar-refractivity contribution in [3.05, 3.63) is 70.7 Å². The smallest absolute Gasteiger partial charge is 0.141 e. The Hall–Kier alpha value is -2.19. The quantitative estimate of drug-likeness (QED) is 0.848. The normalized spacial score (nSPS) is 10.8. The van der Waals surface area contributed by atoms with Gasteiger partial charge in [0, 0.05) is 11.4 Å². The number of aliphatic hydroxyl groups excluding tert-OH is 1. The Morgan fingerprint density at radius 2 is 1.67 bits per heavy atom. The third-order valence-electron chi connectivity index (χ3n) is 2.93. The van der Waals surface area contributed by atoms with Crippen LogP contribution >= 0.6 is 11.6 Å². The lowest BCUT2D eigenvalue weighted by Gasteiger charge is -2.02. The molecule has 0 amide bonds. The molecule has 0 aliphatic carbocycles. The van der Waals surface area contributed by atoms with Crippen molar-refractivity contribution in [3.8, 4) is 23.7 Å². The molecule has 0 saturated carbocycles. The predicted octanol–water partition coefficient (Wildman–Crippen LogP) is 4.01. The molecule has 1 N–H and O–H groups in total. The van der Waals surface area contributed by atoms with E-state index >= 15 is 0 Å². The van der Waals surface area contributed by atoms with E-state index in [1.54, 1.807) is 24.3 Å². The van der Waals surface area contributed by atoms with E-state index in [-0.39, 0.29) is 0 Å². The highest BCUT2D eigenvalue weighted by atomic mass is 35.5. The molecule has 0 aromatic heterocycles. The van der Waals surface area contributed by atoms with E-state index in [4.69, 9.17) is 11.6 Å². The number of rotatable bonds is 3. The van der Waals surface area contributed by atoms with Crippen LogP contribution in [0.15, 0.2) is 54.6 Å². The van der Waals surface area contributed by atoms with E-state index in [0.29, 0.717) is 5.02 Å². The summed E-state index contributed by atoms with van der Waals surface area (Å²) in [6.45, 7) is 0. The van der Waals surface area contributed by atoms with Crippen LogP contribution in [0.5, 0.6) is 0 Å². The van der Waals surface area contributed by atoms with E-state index in [1.807, 2.05) is 18.2 Å². The zero-order valence-electron chi connectivity index (χ0n) is 11.5. The molecule has 21 heavy (non-hydrogen) atoms. The van der Waals surface area contributed by atoms with Gasteiger partial charge in [-0.3, -0.25) is 0 Å². The predicted molar refractivity (Wildman–Crippen MR) is 86.7 cm³/mol. The molecule has 0 aliphatic rings. The molecule has 0 fully saturated rings. The fourth-order valence-corrected chi connectivity index (χ4v) is 1.92. The highest BCUT2D eigenvalue weighted by Gasteiger charge is 2.01. The number of aliphatic hydroxyl groups is 1. The minimum Gasteiger partial charge on any atom is -0.376 e. The van der Waals surface area contributed by atoms with Crippen molar-refractivity contribution in [2.75, 3.05) is 0 Å². The molecule has 0 bridgehead atoms. The number of hydrogen-bond acceptors (Lipinski definition) is 1. The van der Waals surface area contributed by atoms with Crippen molar-refractivity contribution in [3.63, 3.8) is 0 Å². The number of hydrogen-bond donors (Lipinski definition) is 1. The van der Waals surface area contributed by atoms with Crippen molar-refractivity contribution in [2.45, 2.75) is 18.9 Å². The lowest BCUT2D eigenvalue weighted by molar-refractivity contribution is 0.238. The van der Waals surface area contributed by atoms with Crippen LogP contribution in [0.1, 0.15) is 23.7 Å². The molecule has 2 rings (SSSR count). The summed E-state index contributed by atoms with van der Waals surface area (Å²) in [5, 5.41) is 10.5. The minimum atomic E-state index is -0.828. The molecule has 2 heteroatoms. The Balaban J connectivity index is 1.83. The van der Waals surface area contributed by atoms with Crippen molar-refractivity contribution < 1.29 is 5.11 Å². The van der Waals surface area contributed by atoms with Crippen LogP contribution < -0.4 is 0 Å². The molecule has 1 nitrogen and oxygen atoms in total. The van der Waals surface area contributed by atoms with Gasteiger partial charge in [-0.1, -0.05) is 65.9 Å². The Morgan fingerprint density at radius 1 is 0.952 bits per heavy atom. The zero-order chi connectivity index (χ0) is 14.9. The Labute approximate surface area is 130 Å². The molecule has 0 unspecified atom stereocenters. The van der Waals surface area contributed by atoms with Crippen LogP contribution in [0, 0.1) is 23.7 Å². The van der Waals surface area contributed by atoms with Gasteiger partial charge in [-0.2, -0.15) is 0 Å². The molecule has 2 aromatic rings. The molecule has 0 heterocycles. The molecular formula is C19H15ClO.